The molecule has 1 aromatic heterocycles. The van der Waals surface area contributed by atoms with E-state index in [-0.39, 0.29) is 18.6 Å². The molecule has 4 rings (SSSR count). The molecule has 1 amide bonds. The molecule has 1 aliphatic carbocycles. The summed E-state index contributed by atoms with van der Waals surface area (Å²) in [5, 5.41) is 13.0. The summed E-state index contributed by atoms with van der Waals surface area (Å²) in [6, 6.07) is 0. The maximum absolute atomic E-state index is 13.2. The van der Waals surface area contributed by atoms with Gasteiger partial charge in [-0.15, -0.1) is 11.3 Å². The number of esters is 1. The number of rotatable bonds is 5. The number of fused-ring (bicyclic) bond motifs is 3. The van der Waals surface area contributed by atoms with E-state index in [0.717, 1.165) is 49.0 Å². The van der Waals surface area contributed by atoms with Crippen LogP contribution in [-0.2, 0) is 31.9 Å². The first-order valence-corrected chi connectivity index (χ1v) is 11.8. The van der Waals surface area contributed by atoms with Gasteiger partial charge in [0.05, 0.1) is 36.2 Å². The first-order valence-electron chi connectivity index (χ1n) is 11.0. The third-order valence-corrected chi connectivity index (χ3v) is 7.71. The number of hydrogen-bond acceptors (Lipinski definition) is 6. The zero-order valence-corrected chi connectivity index (χ0v) is 18.1. The molecule has 2 bridgehead atoms. The van der Waals surface area contributed by atoms with Gasteiger partial charge in [0.25, 0.3) is 0 Å². The summed E-state index contributed by atoms with van der Waals surface area (Å²) >= 11 is 1.44. The molecule has 30 heavy (non-hydrogen) atoms. The van der Waals surface area contributed by atoms with Gasteiger partial charge < -0.3 is 19.9 Å². The number of carboxylic acids is 1. The third kappa shape index (κ3) is 3.99. The number of anilines is 1. The monoisotopic (exact) mass is 435 g/mol. The van der Waals surface area contributed by atoms with Crippen molar-refractivity contribution in [2.24, 2.45) is 11.8 Å². The highest BCUT2D eigenvalue weighted by atomic mass is 32.1. The second kappa shape index (κ2) is 9.06. The molecule has 2 aliphatic heterocycles. The number of amides is 1. The molecule has 7 nitrogen and oxygen atoms in total. The maximum Gasteiger partial charge on any atom is 0.341 e. The Hall–Kier alpha value is -1.93. The van der Waals surface area contributed by atoms with Crippen molar-refractivity contribution in [3.05, 3.63) is 16.0 Å². The lowest BCUT2D eigenvalue weighted by atomic mass is 9.78. The summed E-state index contributed by atoms with van der Waals surface area (Å²) < 4.78 is 11.0. The highest BCUT2D eigenvalue weighted by Crippen LogP contribution is 2.45. The maximum atomic E-state index is 13.2. The van der Waals surface area contributed by atoms with Crippen LogP contribution in [-0.4, -0.2) is 41.8 Å². The van der Waals surface area contributed by atoms with Crippen molar-refractivity contribution in [2.75, 3.05) is 11.9 Å². The van der Waals surface area contributed by atoms with Crippen LogP contribution in [0, 0.1) is 11.8 Å². The normalized spacial score (nSPS) is 28.2. The molecule has 2 N–H and O–H groups in total. The Morgan fingerprint density at radius 3 is 2.43 bits per heavy atom. The summed E-state index contributed by atoms with van der Waals surface area (Å²) in [6.07, 6.45) is 7.83. The predicted molar refractivity (Wildman–Crippen MR) is 112 cm³/mol. The van der Waals surface area contributed by atoms with Crippen molar-refractivity contribution < 1.29 is 29.0 Å². The number of carboxylic acid groups (broad SMARTS) is 1. The zero-order valence-electron chi connectivity index (χ0n) is 17.3. The average Bonchev–Trinajstić information content (AvgIpc) is 3.40. The van der Waals surface area contributed by atoms with Gasteiger partial charge >= 0.3 is 11.9 Å². The average molecular weight is 436 g/mol. The van der Waals surface area contributed by atoms with Crippen LogP contribution in [0.5, 0.6) is 0 Å². The van der Waals surface area contributed by atoms with Crippen LogP contribution in [0.4, 0.5) is 5.00 Å². The molecule has 3 aliphatic rings. The molecule has 8 heteroatoms. The molecule has 0 aromatic carbocycles. The SMILES string of the molecule is CCOC(=O)c1c(NC(=O)[C@H]2[C@@H](C(=O)O)[C@@H]3CC[C@H]2O3)sc2c1CCCCCCC2. The van der Waals surface area contributed by atoms with Gasteiger partial charge in [-0.05, 0) is 51.0 Å². The first-order chi connectivity index (χ1) is 14.5. The molecule has 0 radical (unpaired) electrons. The van der Waals surface area contributed by atoms with Gasteiger partial charge in [0, 0.05) is 4.88 Å². The molecule has 2 fully saturated rings. The van der Waals surface area contributed by atoms with E-state index in [0.29, 0.717) is 23.4 Å². The Kier molecular flexibility index (Phi) is 6.43. The third-order valence-electron chi connectivity index (χ3n) is 6.50. The van der Waals surface area contributed by atoms with Crippen LogP contribution >= 0.6 is 11.3 Å². The smallest absolute Gasteiger partial charge is 0.341 e. The van der Waals surface area contributed by atoms with Crippen molar-refractivity contribution in [1.29, 1.82) is 0 Å². The first kappa shape index (κ1) is 21.3. The van der Waals surface area contributed by atoms with Gasteiger partial charge in [0.15, 0.2) is 0 Å². The Balaban J connectivity index is 1.63. The van der Waals surface area contributed by atoms with Gasteiger partial charge in [-0.3, -0.25) is 9.59 Å². The van der Waals surface area contributed by atoms with Crippen molar-refractivity contribution in [1.82, 2.24) is 0 Å². The van der Waals surface area contributed by atoms with Gasteiger partial charge in [0.1, 0.15) is 5.00 Å². The van der Waals surface area contributed by atoms with Crippen molar-refractivity contribution >= 4 is 34.2 Å². The second-order valence-corrected chi connectivity index (χ2v) is 9.47. The van der Waals surface area contributed by atoms with Crippen LogP contribution in [0.3, 0.4) is 0 Å². The van der Waals surface area contributed by atoms with Gasteiger partial charge in [-0.25, -0.2) is 4.79 Å². The number of nitrogens with one attached hydrogen (secondary N) is 1. The van der Waals surface area contributed by atoms with Gasteiger partial charge in [-0.1, -0.05) is 19.3 Å². The number of aliphatic carboxylic acids is 1. The Morgan fingerprint density at radius 1 is 1.07 bits per heavy atom. The molecular formula is C22H29NO6S. The lowest BCUT2D eigenvalue weighted by molar-refractivity contribution is -0.147. The summed E-state index contributed by atoms with van der Waals surface area (Å²) in [5.74, 6) is -3.35. The number of ether oxygens (including phenoxy) is 2. The molecular weight excluding hydrogens is 406 g/mol. The molecule has 4 atom stereocenters. The Bertz CT molecular complexity index is 834. The molecule has 2 saturated heterocycles. The number of hydrogen-bond donors (Lipinski definition) is 2. The number of carbonyl (C=O) groups is 3. The Labute approximate surface area is 180 Å². The fourth-order valence-corrected chi connectivity index (χ4v) is 6.40. The highest BCUT2D eigenvalue weighted by Gasteiger charge is 2.55. The van der Waals surface area contributed by atoms with E-state index in [1.807, 2.05) is 0 Å². The van der Waals surface area contributed by atoms with Crippen LogP contribution in [0.15, 0.2) is 0 Å². The molecule has 0 spiro atoms. The quantitative estimate of drug-likeness (QED) is 0.683. The zero-order chi connectivity index (χ0) is 21.3. The molecule has 1 aromatic rings. The number of carbonyl (C=O) groups excluding carboxylic acids is 2. The van der Waals surface area contributed by atoms with E-state index in [2.05, 4.69) is 5.32 Å². The fraction of sp³-hybridized carbons (Fsp3) is 0.682. The van der Waals surface area contributed by atoms with Crippen molar-refractivity contribution in [3.63, 3.8) is 0 Å². The van der Waals surface area contributed by atoms with E-state index < -0.39 is 29.9 Å². The Morgan fingerprint density at radius 2 is 1.73 bits per heavy atom. The van der Waals surface area contributed by atoms with Crippen LogP contribution < -0.4 is 5.32 Å². The minimum absolute atomic E-state index is 0.262. The van der Waals surface area contributed by atoms with E-state index >= 15 is 0 Å². The highest BCUT2D eigenvalue weighted by molar-refractivity contribution is 7.17. The van der Waals surface area contributed by atoms with Crippen LogP contribution in [0.25, 0.3) is 0 Å². The predicted octanol–water partition coefficient (Wildman–Crippen LogP) is 3.79. The van der Waals surface area contributed by atoms with Crippen molar-refractivity contribution in [2.45, 2.75) is 76.9 Å². The molecule has 0 unspecified atom stereocenters. The molecule has 0 saturated carbocycles. The van der Waals surface area contributed by atoms with Crippen molar-refractivity contribution in [3.8, 4) is 0 Å². The lowest BCUT2D eigenvalue weighted by Gasteiger charge is -2.23. The van der Waals surface area contributed by atoms with E-state index in [1.165, 1.54) is 17.8 Å². The number of thiophene rings is 1. The molecule has 3 heterocycles. The summed E-state index contributed by atoms with van der Waals surface area (Å²) in [6.45, 7) is 2.03. The standard InChI is InChI=1S/C22H29NO6S/c1-2-28-22(27)16-12-8-6-4-3-5-7-9-15(12)30-20(16)23-19(24)17-13-10-11-14(29-13)18(17)21(25)26/h13-14,17-18H,2-11H2,1H3,(H,23,24)(H,25,26)/t13-,14+,17-,18+/m1/s1. The second-order valence-electron chi connectivity index (χ2n) is 8.37. The van der Waals surface area contributed by atoms with Crippen LogP contribution in [0.2, 0.25) is 0 Å². The topological polar surface area (TPSA) is 102 Å². The van der Waals surface area contributed by atoms with Gasteiger partial charge in [0.2, 0.25) is 5.91 Å². The summed E-state index contributed by atoms with van der Waals surface area (Å²) in [4.78, 5) is 38.8. The summed E-state index contributed by atoms with van der Waals surface area (Å²) in [7, 11) is 0. The van der Waals surface area contributed by atoms with Crippen LogP contribution in [0.1, 0.15) is 72.7 Å². The van der Waals surface area contributed by atoms with Gasteiger partial charge in [-0.2, -0.15) is 0 Å². The summed E-state index contributed by atoms with van der Waals surface area (Å²) in [5.41, 5.74) is 1.46. The van der Waals surface area contributed by atoms with E-state index in [9.17, 15) is 19.5 Å². The molecule has 164 valence electrons. The lowest BCUT2D eigenvalue weighted by Crippen LogP contribution is -2.41. The van der Waals surface area contributed by atoms with E-state index in [1.54, 1.807) is 6.92 Å². The largest absolute Gasteiger partial charge is 0.481 e. The van der Waals surface area contributed by atoms with E-state index in [4.69, 9.17) is 9.47 Å². The number of aryl methyl sites for hydroxylation is 1. The minimum Gasteiger partial charge on any atom is -0.481 e. The fourth-order valence-electron chi connectivity index (χ4n) is 5.12. The minimum atomic E-state index is -0.998.